The first kappa shape index (κ1) is 9.89. The fourth-order valence-corrected chi connectivity index (χ4v) is 2.18. The first-order chi connectivity index (χ1) is 7.11. The second kappa shape index (κ2) is 3.49. The van der Waals surface area contributed by atoms with E-state index < -0.39 is 5.91 Å². The van der Waals surface area contributed by atoms with E-state index in [0.717, 1.165) is 4.90 Å². The van der Waals surface area contributed by atoms with E-state index >= 15 is 0 Å². The van der Waals surface area contributed by atoms with Gasteiger partial charge in [0, 0.05) is 0 Å². The summed E-state index contributed by atoms with van der Waals surface area (Å²) in [6.45, 7) is -0.287. The number of imide groups is 1. The van der Waals surface area contributed by atoms with E-state index in [9.17, 15) is 14.4 Å². The van der Waals surface area contributed by atoms with Gasteiger partial charge in [0.2, 0.25) is 17.7 Å². The van der Waals surface area contributed by atoms with E-state index in [-0.39, 0.29) is 30.2 Å². The van der Waals surface area contributed by atoms with Gasteiger partial charge in [-0.2, -0.15) is 0 Å². The lowest BCUT2D eigenvalue weighted by Gasteiger charge is -2.14. The van der Waals surface area contributed by atoms with Crippen LogP contribution in [0.1, 0.15) is 12.8 Å². The molecule has 0 spiro atoms. The molecule has 0 saturated carbocycles. The summed E-state index contributed by atoms with van der Waals surface area (Å²) in [5.74, 6) is -1.71. The molecule has 1 fully saturated rings. The quantitative estimate of drug-likeness (QED) is 0.487. The van der Waals surface area contributed by atoms with Gasteiger partial charge in [0.25, 0.3) is 0 Å². The van der Waals surface area contributed by atoms with Crippen LogP contribution in [0.4, 0.5) is 0 Å². The maximum absolute atomic E-state index is 11.7. The third-order valence-electron chi connectivity index (χ3n) is 2.91. The molecule has 1 saturated heterocycles. The lowest BCUT2D eigenvalue weighted by atomic mass is 9.85. The van der Waals surface area contributed by atoms with E-state index in [1.165, 1.54) is 0 Å². The number of hydrogen-bond acceptors (Lipinski definition) is 3. The monoisotopic (exact) mass is 208 g/mol. The number of carbonyl (C=O) groups excluding carboxylic acids is 3. The van der Waals surface area contributed by atoms with Crippen molar-refractivity contribution in [1.29, 1.82) is 0 Å². The Morgan fingerprint density at radius 3 is 2.13 bits per heavy atom. The Morgan fingerprint density at radius 1 is 1.27 bits per heavy atom. The van der Waals surface area contributed by atoms with Crippen molar-refractivity contribution in [2.45, 2.75) is 12.8 Å². The molecule has 5 nitrogen and oxygen atoms in total. The summed E-state index contributed by atoms with van der Waals surface area (Å²) in [6.07, 6.45) is 4.98. The van der Waals surface area contributed by atoms with E-state index in [1.807, 2.05) is 12.2 Å². The molecular weight excluding hydrogens is 196 g/mol. The van der Waals surface area contributed by atoms with Crippen LogP contribution in [0.5, 0.6) is 0 Å². The Morgan fingerprint density at radius 2 is 1.73 bits per heavy atom. The average molecular weight is 208 g/mol. The molecule has 0 aromatic rings. The van der Waals surface area contributed by atoms with Crippen molar-refractivity contribution < 1.29 is 14.4 Å². The van der Waals surface area contributed by atoms with E-state index in [0.29, 0.717) is 12.8 Å². The smallest absolute Gasteiger partial charge is 0.237 e. The Labute approximate surface area is 86.9 Å². The number of amides is 3. The maximum atomic E-state index is 11.7. The van der Waals surface area contributed by atoms with Gasteiger partial charge >= 0.3 is 0 Å². The van der Waals surface area contributed by atoms with E-state index in [4.69, 9.17) is 5.73 Å². The van der Waals surface area contributed by atoms with Crippen molar-refractivity contribution in [3.05, 3.63) is 12.2 Å². The molecule has 0 aromatic heterocycles. The molecule has 1 heterocycles. The van der Waals surface area contributed by atoms with Crippen LogP contribution in [-0.4, -0.2) is 29.2 Å². The first-order valence-corrected chi connectivity index (χ1v) is 4.90. The van der Waals surface area contributed by atoms with Gasteiger partial charge < -0.3 is 5.73 Å². The summed E-state index contributed by atoms with van der Waals surface area (Å²) in [6, 6.07) is 0. The minimum absolute atomic E-state index is 0.256. The molecule has 2 aliphatic rings. The van der Waals surface area contributed by atoms with E-state index in [1.54, 1.807) is 0 Å². The Balaban J connectivity index is 2.20. The molecule has 15 heavy (non-hydrogen) atoms. The Bertz CT molecular complexity index is 336. The number of likely N-dealkylation sites (tertiary alicyclic amines) is 1. The zero-order valence-corrected chi connectivity index (χ0v) is 8.18. The number of primary amides is 1. The van der Waals surface area contributed by atoms with Crippen LogP contribution in [0, 0.1) is 11.8 Å². The normalized spacial score (nSPS) is 29.5. The largest absolute Gasteiger partial charge is 0.368 e. The lowest BCUT2D eigenvalue weighted by Crippen LogP contribution is -2.38. The molecular formula is C10H12N2O3. The summed E-state index contributed by atoms with van der Waals surface area (Å²) in [5.41, 5.74) is 4.99. The number of nitrogens with two attached hydrogens (primary N) is 1. The SMILES string of the molecule is NC(=O)CN1C(=O)C2CC=CCC2C1=O. The van der Waals surface area contributed by atoms with Crippen LogP contribution in [0.3, 0.4) is 0 Å². The Kier molecular flexibility index (Phi) is 2.30. The molecule has 2 atom stereocenters. The molecule has 0 aromatic carbocycles. The number of fused-ring (bicyclic) bond motifs is 1. The molecule has 2 rings (SSSR count). The molecule has 3 amide bonds. The van der Waals surface area contributed by atoms with E-state index in [2.05, 4.69) is 0 Å². The third-order valence-corrected chi connectivity index (χ3v) is 2.91. The van der Waals surface area contributed by atoms with Crippen molar-refractivity contribution >= 4 is 17.7 Å². The number of allylic oxidation sites excluding steroid dienone is 2. The second-order valence-electron chi connectivity index (χ2n) is 3.88. The molecule has 2 unspecified atom stereocenters. The summed E-state index contributed by atoms with van der Waals surface area (Å²) in [7, 11) is 0. The van der Waals surface area contributed by atoms with Crippen LogP contribution in [-0.2, 0) is 14.4 Å². The van der Waals surface area contributed by atoms with Gasteiger partial charge in [-0.25, -0.2) is 0 Å². The van der Waals surface area contributed by atoms with Gasteiger partial charge in [-0.1, -0.05) is 12.2 Å². The average Bonchev–Trinajstić information content (AvgIpc) is 2.44. The highest BCUT2D eigenvalue weighted by molar-refractivity contribution is 6.07. The fraction of sp³-hybridized carbons (Fsp3) is 0.500. The van der Waals surface area contributed by atoms with Crippen molar-refractivity contribution in [2.75, 3.05) is 6.54 Å². The fourth-order valence-electron chi connectivity index (χ4n) is 2.18. The van der Waals surface area contributed by atoms with Crippen LogP contribution >= 0.6 is 0 Å². The van der Waals surface area contributed by atoms with Gasteiger partial charge in [0.1, 0.15) is 6.54 Å². The molecule has 2 N–H and O–H groups in total. The highest BCUT2D eigenvalue weighted by Crippen LogP contribution is 2.34. The van der Waals surface area contributed by atoms with Crippen LogP contribution in [0.2, 0.25) is 0 Å². The molecule has 1 aliphatic heterocycles. The molecule has 0 radical (unpaired) electrons. The van der Waals surface area contributed by atoms with Crippen molar-refractivity contribution in [3.8, 4) is 0 Å². The summed E-state index contributed by atoms with van der Waals surface area (Å²) >= 11 is 0. The lowest BCUT2D eigenvalue weighted by molar-refractivity contribution is -0.143. The van der Waals surface area contributed by atoms with Crippen molar-refractivity contribution in [3.63, 3.8) is 0 Å². The highest BCUT2D eigenvalue weighted by atomic mass is 16.2. The number of nitrogens with zero attached hydrogens (tertiary/aromatic N) is 1. The molecule has 0 bridgehead atoms. The standard InChI is InChI=1S/C10H12N2O3/c11-8(13)5-12-9(14)6-3-1-2-4-7(6)10(12)15/h1-2,6-7H,3-5H2,(H2,11,13). The second-order valence-corrected chi connectivity index (χ2v) is 3.88. The minimum Gasteiger partial charge on any atom is -0.368 e. The minimum atomic E-state index is -0.650. The van der Waals surface area contributed by atoms with Crippen molar-refractivity contribution in [2.24, 2.45) is 17.6 Å². The zero-order valence-electron chi connectivity index (χ0n) is 8.18. The number of rotatable bonds is 2. The third kappa shape index (κ3) is 1.54. The molecule has 1 aliphatic carbocycles. The van der Waals surface area contributed by atoms with Crippen LogP contribution < -0.4 is 5.73 Å². The number of carbonyl (C=O) groups is 3. The molecule has 80 valence electrons. The van der Waals surface area contributed by atoms with Gasteiger partial charge in [0.15, 0.2) is 0 Å². The predicted octanol–water partition coefficient (Wildman–Crippen LogP) is -0.577. The summed E-state index contributed by atoms with van der Waals surface area (Å²) in [5, 5.41) is 0. The zero-order chi connectivity index (χ0) is 11.0. The van der Waals surface area contributed by atoms with Crippen LogP contribution in [0.25, 0.3) is 0 Å². The summed E-state index contributed by atoms with van der Waals surface area (Å²) < 4.78 is 0. The van der Waals surface area contributed by atoms with Gasteiger partial charge in [-0.15, -0.1) is 0 Å². The van der Waals surface area contributed by atoms with Gasteiger partial charge in [-0.3, -0.25) is 19.3 Å². The first-order valence-electron chi connectivity index (χ1n) is 4.90. The van der Waals surface area contributed by atoms with Gasteiger partial charge in [-0.05, 0) is 12.8 Å². The topological polar surface area (TPSA) is 80.5 Å². The molecule has 5 heteroatoms. The van der Waals surface area contributed by atoms with Gasteiger partial charge in [0.05, 0.1) is 11.8 Å². The van der Waals surface area contributed by atoms with Crippen LogP contribution in [0.15, 0.2) is 12.2 Å². The maximum Gasteiger partial charge on any atom is 0.237 e. The highest BCUT2D eigenvalue weighted by Gasteiger charge is 2.47. The Hall–Kier alpha value is -1.65. The number of hydrogen-bond donors (Lipinski definition) is 1. The van der Waals surface area contributed by atoms with Crippen molar-refractivity contribution in [1.82, 2.24) is 4.90 Å². The summed E-state index contributed by atoms with van der Waals surface area (Å²) in [4.78, 5) is 35.2. The predicted molar refractivity (Wildman–Crippen MR) is 51.3 cm³/mol.